The highest BCUT2D eigenvalue weighted by Gasteiger charge is 2.42. The second-order valence-corrected chi connectivity index (χ2v) is 21.6. The summed E-state index contributed by atoms with van der Waals surface area (Å²) in [4.78, 5) is 123. The number of carbonyl (C=O) groups is 10. The summed E-state index contributed by atoms with van der Waals surface area (Å²) >= 11 is 0. The van der Waals surface area contributed by atoms with Crippen molar-refractivity contribution in [2.75, 3.05) is 59.8 Å². The van der Waals surface area contributed by atoms with Crippen molar-refractivity contribution < 1.29 is 81.1 Å². The number of nitrogens with one attached hydrogen (secondary N) is 2. The highest BCUT2D eigenvalue weighted by molar-refractivity contribution is 5.97. The van der Waals surface area contributed by atoms with Crippen LogP contribution in [-0.2, 0) is 76.3 Å². The van der Waals surface area contributed by atoms with Crippen molar-refractivity contribution in [3.05, 3.63) is 0 Å². The van der Waals surface area contributed by atoms with E-state index in [1.54, 1.807) is 27.7 Å². The molecule has 4 unspecified atom stereocenters. The molecule has 0 aromatic heterocycles. The zero-order valence-corrected chi connectivity index (χ0v) is 48.5. The summed E-state index contributed by atoms with van der Waals surface area (Å²) in [5.74, 6) is -5.37. The fourth-order valence-electron chi connectivity index (χ4n) is 8.65. The number of ether oxygens (including phenoxy) is 7. The Morgan fingerprint density at radius 1 is 0.461 bits per heavy atom. The Kier molecular flexibility index (Phi) is 31.2. The summed E-state index contributed by atoms with van der Waals surface area (Å²) in [5, 5.41) is 5.29. The molecule has 3 aliphatic rings. The first-order chi connectivity index (χ1) is 35.7. The van der Waals surface area contributed by atoms with E-state index in [9.17, 15) is 47.9 Å². The molecule has 436 valence electrons. The maximum absolute atomic E-state index is 12.5. The number of methoxy groups -OCH3 is 1. The van der Waals surface area contributed by atoms with Gasteiger partial charge in [0.2, 0.25) is 11.8 Å². The lowest BCUT2D eigenvalue weighted by Crippen LogP contribution is -2.49. The van der Waals surface area contributed by atoms with E-state index < -0.39 is 75.7 Å². The number of carbonyl (C=O) groups excluding carboxylic acids is 10. The third-order valence-electron chi connectivity index (χ3n) is 15.1. The fourth-order valence-corrected chi connectivity index (χ4v) is 8.65. The van der Waals surface area contributed by atoms with Crippen LogP contribution in [0.25, 0.3) is 0 Å². The van der Waals surface area contributed by atoms with Gasteiger partial charge < -0.3 is 43.4 Å². The molecular weight excluding hydrogens is 987 g/mol. The highest BCUT2D eigenvalue weighted by atomic mass is 16.6. The maximum atomic E-state index is 12.5. The minimum Gasteiger partial charge on any atom is -0.469 e. The van der Waals surface area contributed by atoms with Gasteiger partial charge in [-0.2, -0.15) is 0 Å². The zero-order valence-electron chi connectivity index (χ0n) is 48.5. The van der Waals surface area contributed by atoms with Crippen LogP contribution in [0.1, 0.15) is 180 Å². The predicted octanol–water partition coefficient (Wildman–Crippen LogP) is 7.83. The van der Waals surface area contributed by atoms with Crippen molar-refractivity contribution >= 4 is 59.6 Å². The van der Waals surface area contributed by atoms with Crippen LogP contribution in [-0.4, -0.2) is 130 Å². The molecule has 4 atom stereocenters. The number of nitrogens with zero attached hydrogens (tertiary/aromatic N) is 1. The molecule has 0 radical (unpaired) electrons. The number of hydrogen-bond acceptors (Lipinski definition) is 17. The molecule has 20 heteroatoms. The van der Waals surface area contributed by atoms with Crippen molar-refractivity contribution in [2.24, 2.45) is 51.8 Å². The summed E-state index contributed by atoms with van der Waals surface area (Å²) in [6.07, 6.45) is 9.00. The van der Waals surface area contributed by atoms with Crippen LogP contribution in [0.4, 0.5) is 4.79 Å². The van der Waals surface area contributed by atoms with Crippen LogP contribution >= 0.6 is 0 Å². The maximum Gasteiger partial charge on any atom is 0.321 e. The van der Waals surface area contributed by atoms with Crippen LogP contribution in [0.15, 0.2) is 0 Å². The Balaban J connectivity index is 0.000000575. The van der Waals surface area contributed by atoms with Crippen LogP contribution in [0.2, 0.25) is 0 Å². The molecule has 0 spiro atoms. The largest absolute Gasteiger partial charge is 0.469 e. The molecule has 0 aliphatic heterocycles. The van der Waals surface area contributed by atoms with E-state index in [0.717, 1.165) is 51.6 Å². The Morgan fingerprint density at radius 3 is 1.22 bits per heavy atom. The summed E-state index contributed by atoms with van der Waals surface area (Å²) in [6, 6.07) is -0.400. The molecule has 0 heterocycles. The first-order valence-electron chi connectivity index (χ1n) is 27.7. The second kappa shape index (κ2) is 34.5. The van der Waals surface area contributed by atoms with E-state index in [0.29, 0.717) is 38.5 Å². The molecule has 0 aromatic rings. The van der Waals surface area contributed by atoms with Crippen molar-refractivity contribution in [1.82, 2.24) is 15.5 Å². The molecule has 3 rings (SSSR count). The number of amides is 4. The fraction of sp³-hybridized carbons (Fsp3) is 0.821. The van der Waals surface area contributed by atoms with Gasteiger partial charge in [0.05, 0.1) is 60.7 Å². The van der Waals surface area contributed by atoms with E-state index in [2.05, 4.69) is 10.6 Å². The Bertz CT molecular complexity index is 1860. The normalized spacial score (nSPS) is 21.4. The van der Waals surface area contributed by atoms with E-state index in [1.165, 1.54) is 7.11 Å². The summed E-state index contributed by atoms with van der Waals surface area (Å²) < 4.78 is 35.6. The minimum absolute atomic E-state index is 0.00869. The van der Waals surface area contributed by atoms with Gasteiger partial charge in [-0.15, -0.1) is 0 Å². The lowest BCUT2D eigenvalue weighted by atomic mass is 9.75. The quantitative estimate of drug-likeness (QED) is 0.0561. The Labute approximate surface area is 452 Å². The molecule has 3 fully saturated rings. The topological polar surface area (TPSA) is 263 Å². The zero-order chi connectivity index (χ0) is 57.8. The average Bonchev–Trinajstić information content (AvgIpc) is 3.41. The summed E-state index contributed by atoms with van der Waals surface area (Å²) in [5.41, 5.74) is -1.68. The average molecular weight is 1080 g/mol. The lowest BCUT2D eigenvalue weighted by Gasteiger charge is -2.31. The first kappa shape index (κ1) is 68.7. The van der Waals surface area contributed by atoms with Crippen LogP contribution in [0.3, 0.4) is 0 Å². The molecule has 3 saturated carbocycles. The molecule has 3 aliphatic carbocycles. The van der Waals surface area contributed by atoms with Crippen molar-refractivity contribution in [1.29, 1.82) is 0 Å². The smallest absolute Gasteiger partial charge is 0.321 e. The third-order valence-corrected chi connectivity index (χ3v) is 15.1. The first-order valence-corrected chi connectivity index (χ1v) is 27.7. The standard InChI is InChI=1S/C21H34O8.C18H33N3O3.C17H28O6/c1-6-21(4,5)20(25)29-10-9-28-19(24)16-12-14(17(22)26-7-2)11-15(13-16)18(23)27-8-3;1-6-18(4,5)16(23)20-17(24)19-14-11-9-13(10-12-14)15(22)21(7-2)8-3;1-5-17(2,3)16(20)23-11-10-22-15(19)13-9-7-6-8-12(13)14(18)21-4/h14-16H,6-13H2,1-5H3;13-14H,6-12H2,1-5H3,(H2,19,20,23,24);12-13H,5-11H2,1-4H3. The summed E-state index contributed by atoms with van der Waals surface area (Å²) in [6.45, 7) is 25.8. The highest BCUT2D eigenvalue weighted by Crippen LogP contribution is 2.36. The van der Waals surface area contributed by atoms with Gasteiger partial charge in [-0.05, 0) is 132 Å². The molecule has 2 N–H and O–H groups in total. The van der Waals surface area contributed by atoms with Crippen molar-refractivity contribution in [2.45, 2.75) is 186 Å². The molecular formula is C56H95N3O17. The monoisotopic (exact) mass is 1080 g/mol. The van der Waals surface area contributed by atoms with Gasteiger partial charge >= 0.3 is 47.8 Å². The third kappa shape index (κ3) is 23.1. The molecule has 20 nitrogen and oxygen atoms in total. The van der Waals surface area contributed by atoms with E-state index in [-0.39, 0.29) is 94.2 Å². The van der Waals surface area contributed by atoms with Crippen molar-refractivity contribution in [3.8, 4) is 0 Å². The minimum atomic E-state index is -0.615. The molecule has 0 saturated heterocycles. The molecule has 0 aromatic carbocycles. The van der Waals surface area contributed by atoms with Gasteiger partial charge in [-0.1, -0.05) is 47.5 Å². The molecule has 76 heavy (non-hydrogen) atoms. The lowest BCUT2D eigenvalue weighted by molar-refractivity contribution is -0.165. The molecule has 0 bridgehead atoms. The second-order valence-electron chi connectivity index (χ2n) is 21.6. The molecule has 4 amide bonds. The number of imide groups is 1. The Morgan fingerprint density at radius 2 is 0.842 bits per heavy atom. The Hall–Kier alpha value is -5.30. The summed E-state index contributed by atoms with van der Waals surface area (Å²) in [7, 11) is 1.33. The van der Waals surface area contributed by atoms with E-state index in [1.807, 2.05) is 67.2 Å². The van der Waals surface area contributed by atoms with Gasteiger partial charge in [0.15, 0.2) is 0 Å². The van der Waals surface area contributed by atoms with Crippen LogP contribution < -0.4 is 10.6 Å². The number of esters is 7. The van der Waals surface area contributed by atoms with Gasteiger partial charge in [-0.25, -0.2) is 4.79 Å². The predicted molar refractivity (Wildman–Crippen MR) is 281 cm³/mol. The number of urea groups is 1. The van der Waals surface area contributed by atoms with Gasteiger partial charge in [0.1, 0.15) is 26.4 Å². The van der Waals surface area contributed by atoms with Gasteiger partial charge in [-0.3, -0.25) is 48.5 Å². The SMILES string of the molecule is CCC(C)(C)C(=O)OCCOC(=O)C1CCCCC1C(=O)OC.CCN(CC)C(=O)C1CCC(NC(=O)NC(=O)C(C)(C)CC)CC1.CCOC(=O)C1CC(C(=O)OCC)CC(C(=O)OCCOC(=O)C(C)(C)CC)C1. The van der Waals surface area contributed by atoms with Crippen LogP contribution in [0, 0.1) is 51.8 Å². The van der Waals surface area contributed by atoms with Crippen molar-refractivity contribution in [3.63, 3.8) is 0 Å². The van der Waals surface area contributed by atoms with E-state index in [4.69, 9.17) is 33.2 Å². The van der Waals surface area contributed by atoms with E-state index >= 15 is 0 Å². The number of hydrogen-bond donors (Lipinski definition) is 2. The van der Waals surface area contributed by atoms with Crippen LogP contribution in [0.5, 0.6) is 0 Å². The van der Waals surface area contributed by atoms with Gasteiger partial charge in [0, 0.05) is 30.5 Å². The van der Waals surface area contributed by atoms with Gasteiger partial charge in [0.25, 0.3) is 0 Å². The number of rotatable bonds is 23.